The van der Waals surface area contributed by atoms with Crippen molar-refractivity contribution >= 4 is 28.0 Å². The van der Waals surface area contributed by atoms with Crippen LogP contribution in [0, 0.1) is 0 Å². The topological polar surface area (TPSA) is 92.3 Å². The monoisotopic (exact) mass is 547 g/mol. The first-order valence-electron chi connectivity index (χ1n) is 11.2. The number of halogens is 1. The van der Waals surface area contributed by atoms with Gasteiger partial charge in [-0.2, -0.15) is 0 Å². The van der Waals surface area contributed by atoms with E-state index in [2.05, 4.69) is 21.2 Å². The predicted octanol–water partition coefficient (Wildman–Crippen LogP) is 4.16. The van der Waals surface area contributed by atoms with Gasteiger partial charge < -0.3 is 23.7 Å². The summed E-state index contributed by atoms with van der Waals surface area (Å²) in [6.07, 6.45) is 1.91. The number of allylic oxidation sites excluding steroid dienone is 1. The average Bonchev–Trinajstić information content (AvgIpc) is 3.23. The molecular weight excluding hydrogens is 518 g/mol. The van der Waals surface area contributed by atoms with Gasteiger partial charge in [0.15, 0.2) is 6.10 Å². The lowest BCUT2D eigenvalue weighted by Crippen LogP contribution is -2.62. The number of alkyl halides is 1. The Bertz CT molecular complexity index is 983. The Morgan fingerprint density at radius 3 is 2.46 bits per heavy atom. The van der Waals surface area contributed by atoms with Crippen LogP contribution in [0.1, 0.15) is 17.5 Å². The summed E-state index contributed by atoms with van der Waals surface area (Å²) in [6, 6.07) is 17.0. The Kier molecular flexibility index (Phi) is 10.1. The second-order valence-corrected chi connectivity index (χ2v) is 8.60. The zero-order valence-electron chi connectivity index (χ0n) is 19.8. The van der Waals surface area contributed by atoms with E-state index in [0.29, 0.717) is 11.8 Å². The first kappa shape index (κ1) is 26.7. The molecule has 0 saturated carbocycles. The van der Waals surface area contributed by atoms with Gasteiger partial charge in [-0.3, -0.25) is 5.32 Å². The molecule has 0 unspecified atom stereocenters. The van der Waals surface area contributed by atoms with Crippen molar-refractivity contribution in [3.63, 3.8) is 0 Å². The number of ether oxygens (including phenoxy) is 5. The molecule has 3 atom stereocenters. The van der Waals surface area contributed by atoms with Crippen LogP contribution in [0.5, 0.6) is 5.75 Å². The molecule has 0 radical (unpaired) electrons. The van der Waals surface area contributed by atoms with Crippen molar-refractivity contribution in [1.29, 1.82) is 0 Å². The van der Waals surface area contributed by atoms with Crippen molar-refractivity contribution in [2.75, 3.05) is 26.2 Å². The molecule has 9 heteroatoms. The zero-order valence-corrected chi connectivity index (χ0v) is 21.4. The highest BCUT2D eigenvalue weighted by Crippen LogP contribution is 2.30. The molecule has 1 saturated heterocycles. The van der Waals surface area contributed by atoms with Gasteiger partial charge >= 0.3 is 12.1 Å². The summed E-state index contributed by atoms with van der Waals surface area (Å²) in [7, 11) is 2.86. The fraction of sp³-hybridized carbons (Fsp3) is 0.385. The molecule has 1 aliphatic heterocycles. The third kappa shape index (κ3) is 7.06. The molecular formula is C26H30BrNO7. The van der Waals surface area contributed by atoms with Gasteiger partial charge in [0, 0.05) is 5.33 Å². The molecule has 1 fully saturated rings. The Morgan fingerprint density at radius 2 is 1.80 bits per heavy atom. The van der Waals surface area contributed by atoms with Crippen molar-refractivity contribution in [2.45, 2.75) is 37.4 Å². The van der Waals surface area contributed by atoms with Crippen LogP contribution in [0.4, 0.5) is 4.79 Å². The van der Waals surface area contributed by atoms with E-state index in [9.17, 15) is 9.59 Å². The lowest BCUT2D eigenvalue weighted by Gasteiger charge is -2.33. The van der Waals surface area contributed by atoms with Crippen molar-refractivity contribution in [1.82, 2.24) is 5.32 Å². The lowest BCUT2D eigenvalue weighted by atomic mass is 9.88. The van der Waals surface area contributed by atoms with Gasteiger partial charge in [0.1, 0.15) is 11.9 Å². The summed E-state index contributed by atoms with van der Waals surface area (Å²) in [6.45, 7) is 0.339. The number of cyclic esters (lactones) is 1. The number of hydrogen-bond donors (Lipinski definition) is 1. The fourth-order valence-electron chi connectivity index (χ4n) is 3.82. The molecule has 0 aliphatic carbocycles. The molecule has 2 aromatic carbocycles. The lowest BCUT2D eigenvalue weighted by molar-refractivity contribution is -0.159. The zero-order chi connectivity index (χ0) is 25.1. The SMILES string of the molecule is COC(=O)[C@@]1(COCc2ccc(OC)cc2)NC(=O)O[C@H]1[C@@H](C/C=C/CBr)OCc1ccccc1. The maximum Gasteiger partial charge on any atom is 0.408 e. The molecule has 188 valence electrons. The number of alkyl carbamates (subject to hydrolysis) is 1. The van der Waals surface area contributed by atoms with Crippen molar-refractivity contribution in [3.05, 3.63) is 77.9 Å². The van der Waals surface area contributed by atoms with Gasteiger partial charge in [0.2, 0.25) is 5.54 Å². The third-order valence-electron chi connectivity index (χ3n) is 5.62. The largest absolute Gasteiger partial charge is 0.497 e. The van der Waals surface area contributed by atoms with Gasteiger partial charge in [0.25, 0.3) is 0 Å². The number of nitrogens with one attached hydrogen (secondary N) is 1. The summed E-state index contributed by atoms with van der Waals surface area (Å²) in [5, 5.41) is 3.31. The molecule has 1 N–H and O–H groups in total. The molecule has 1 heterocycles. The number of methoxy groups -OCH3 is 2. The Labute approximate surface area is 213 Å². The number of hydrogen-bond acceptors (Lipinski definition) is 7. The molecule has 0 bridgehead atoms. The van der Waals surface area contributed by atoms with Gasteiger partial charge in [-0.1, -0.05) is 70.5 Å². The van der Waals surface area contributed by atoms with Crippen LogP contribution < -0.4 is 10.1 Å². The molecule has 35 heavy (non-hydrogen) atoms. The highest BCUT2D eigenvalue weighted by Gasteiger charge is 2.59. The average molecular weight is 548 g/mol. The predicted molar refractivity (Wildman–Crippen MR) is 133 cm³/mol. The van der Waals surface area contributed by atoms with Crippen LogP contribution in [-0.2, 0) is 37.0 Å². The maximum atomic E-state index is 13.0. The number of amides is 1. The first-order chi connectivity index (χ1) is 17.0. The van der Waals surface area contributed by atoms with E-state index in [0.717, 1.165) is 16.9 Å². The minimum Gasteiger partial charge on any atom is -0.497 e. The normalized spacial score (nSPS) is 20.3. The highest BCUT2D eigenvalue weighted by molar-refractivity contribution is 9.09. The van der Waals surface area contributed by atoms with E-state index >= 15 is 0 Å². The fourth-order valence-corrected chi connectivity index (χ4v) is 4.08. The third-order valence-corrected chi connectivity index (χ3v) is 5.99. The summed E-state index contributed by atoms with van der Waals surface area (Å²) < 4.78 is 27.9. The van der Waals surface area contributed by atoms with Crippen LogP contribution in [0.2, 0.25) is 0 Å². The van der Waals surface area contributed by atoms with Crippen LogP contribution in [0.15, 0.2) is 66.7 Å². The van der Waals surface area contributed by atoms with Gasteiger partial charge in [0.05, 0.1) is 34.0 Å². The van der Waals surface area contributed by atoms with E-state index in [1.165, 1.54) is 7.11 Å². The van der Waals surface area contributed by atoms with Crippen LogP contribution in [0.3, 0.4) is 0 Å². The highest BCUT2D eigenvalue weighted by atomic mass is 79.9. The first-order valence-corrected chi connectivity index (χ1v) is 12.3. The molecule has 1 aliphatic rings. The van der Waals surface area contributed by atoms with Crippen molar-refractivity contribution in [2.24, 2.45) is 0 Å². The minimum absolute atomic E-state index is 0.157. The van der Waals surface area contributed by atoms with Gasteiger partial charge in [-0.15, -0.1) is 0 Å². The standard InChI is InChI=1S/C26H30BrNO7/c1-31-21-13-11-20(12-14-21)16-33-18-26(24(29)32-2)23(35-25(30)28-26)22(10-6-7-15-27)34-17-19-8-4-3-5-9-19/h3-9,11-14,22-23H,10,15-18H2,1-2H3,(H,28,30)/b7-6+/t22-,23+,26+/m1/s1. The number of carbonyl (C=O) groups is 2. The summed E-state index contributed by atoms with van der Waals surface area (Å²) in [5.74, 6) is 0.0621. The Hall–Kier alpha value is -2.88. The molecule has 8 nitrogen and oxygen atoms in total. The summed E-state index contributed by atoms with van der Waals surface area (Å²) >= 11 is 3.36. The second kappa shape index (κ2) is 13.3. The van der Waals surface area contributed by atoms with Gasteiger partial charge in [-0.05, 0) is 29.7 Å². The quantitative estimate of drug-likeness (QED) is 0.228. The molecule has 3 rings (SSSR count). The van der Waals surface area contributed by atoms with E-state index in [1.807, 2.05) is 66.7 Å². The maximum absolute atomic E-state index is 13.0. The molecule has 0 aromatic heterocycles. The van der Waals surface area contributed by atoms with Crippen LogP contribution >= 0.6 is 15.9 Å². The van der Waals surface area contributed by atoms with E-state index in [1.54, 1.807) is 7.11 Å². The van der Waals surface area contributed by atoms with E-state index in [-0.39, 0.29) is 19.8 Å². The number of esters is 1. The van der Waals surface area contributed by atoms with Crippen molar-refractivity contribution in [3.8, 4) is 5.75 Å². The van der Waals surface area contributed by atoms with E-state index < -0.39 is 29.8 Å². The molecule has 0 spiro atoms. The Morgan fingerprint density at radius 1 is 1.09 bits per heavy atom. The number of benzene rings is 2. The molecule has 2 aromatic rings. The Balaban J connectivity index is 1.80. The summed E-state index contributed by atoms with van der Waals surface area (Å²) in [4.78, 5) is 25.4. The number of rotatable bonds is 13. The van der Waals surface area contributed by atoms with Crippen LogP contribution in [-0.4, -0.2) is 56.0 Å². The second-order valence-electron chi connectivity index (χ2n) is 7.95. The van der Waals surface area contributed by atoms with Gasteiger partial charge in [-0.25, -0.2) is 9.59 Å². The van der Waals surface area contributed by atoms with Crippen molar-refractivity contribution < 1.29 is 33.3 Å². The summed E-state index contributed by atoms with van der Waals surface area (Å²) in [5.41, 5.74) is 0.269. The minimum atomic E-state index is -1.57. The molecule has 1 amide bonds. The van der Waals surface area contributed by atoms with E-state index in [4.69, 9.17) is 23.7 Å². The van der Waals surface area contributed by atoms with Crippen LogP contribution in [0.25, 0.3) is 0 Å². The number of carbonyl (C=O) groups excluding carboxylic acids is 2. The smallest absolute Gasteiger partial charge is 0.408 e.